The molecule has 0 bridgehead atoms. The van der Waals surface area contributed by atoms with Gasteiger partial charge in [-0.25, -0.2) is 4.79 Å². The topological polar surface area (TPSA) is 76.7 Å². The Balaban J connectivity index is 1.55. The molecule has 0 aliphatic carbocycles. The third kappa shape index (κ3) is 7.30. The zero-order valence-electron chi connectivity index (χ0n) is 16.6. The molecule has 0 spiro atoms. The van der Waals surface area contributed by atoms with Crippen molar-refractivity contribution in [3.8, 4) is 11.5 Å². The highest BCUT2D eigenvalue weighted by molar-refractivity contribution is 6.34. The van der Waals surface area contributed by atoms with Crippen molar-refractivity contribution in [2.24, 2.45) is 0 Å². The number of amides is 3. The zero-order chi connectivity index (χ0) is 24.0. The minimum Gasteiger partial charge on any atom is -0.487 e. The van der Waals surface area contributed by atoms with Crippen molar-refractivity contribution in [3.05, 3.63) is 87.9 Å². The van der Waals surface area contributed by atoms with Gasteiger partial charge in [0.2, 0.25) is 0 Å². The lowest BCUT2D eigenvalue weighted by Crippen LogP contribution is -2.34. The van der Waals surface area contributed by atoms with Crippen LogP contribution < -0.4 is 20.1 Å². The number of hydrogen-bond acceptors (Lipinski definition) is 4. The van der Waals surface area contributed by atoms with E-state index in [0.717, 1.165) is 0 Å². The Kier molecular flexibility index (Phi) is 7.67. The van der Waals surface area contributed by atoms with Crippen LogP contribution in [0.3, 0.4) is 0 Å². The van der Waals surface area contributed by atoms with Crippen LogP contribution in [0.4, 0.5) is 23.7 Å². The maximum Gasteiger partial charge on any atom is 0.573 e. The van der Waals surface area contributed by atoms with Gasteiger partial charge in [0.05, 0.1) is 15.6 Å². The fourth-order valence-corrected chi connectivity index (χ4v) is 3.08. The number of anilines is 1. The number of alkyl halides is 3. The molecule has 0 saturated heterocycles. The number of imide groups is 1. The number of halogens is 5. The van der Waals surface area contributed by atoms with Gasteiger partial charge in [-0.1, -0.05) is 47.5 Å². The molecule has 33 heavy (non-hydrogen) atoms. The zero-order valence-corrected chi connectivity index (χ0v) is 18.1. The molecule has 0 fully saturated rings. The SMILES string of the molecule is O=C(NC(=O)c1ccccc1Cl)Nc1ccc(OCc2ccc(OC(F)(F)F)cc2)c(Cl)c1. The number of rotatable bonds is 6. The molecule has 3 rings (SSSR count). The monoisotopic (exact) mass is 498 g/mol. The van der Waals surface area contributed by atoms with Gasteiger partial charge in [-0.3, -0.25) is 10.1 Å². The van der Waals surface area contributed by atoms with E-state index in [1.807, 2.05) is 0 Å². The molecule has 0 aromatic heterocycles. The Morgan fingerprint density at radius 2 is 1.61 bits per heavy atom. The van der Waals surface area contributed by atoms with Gasteiger partial charge in [0, 0.05) is 5.69 Å². The van der Waals surface area contributed by atoms with Crippen LogP contribution in [0.2, 0.25) is 10.0 Å². The van der Waals surface area contributed by atoms with E-state index in [-0.39, 0.29) is 33.7 Å². The molecule has 3 amide bonds. The molecular weight excluding hydrogens is 484 g/mol. The summed E-state index contributed by atoms with van der Waals surface area (Å²) in [6, 6.07) is 15.1. The van der Waals surface area contributed by atoms with E-state index in [9.17, 15) is 22.8 Å². The third-order valence-corrected chi connectivity index (χ3v) is 4.71. The molecule has 0 unspecified atom stereocenters. The van der Waals surface area contributed by atoms with Crippen LogP contribution >= 0.6 is 23.2 Å². The Morgan fingerprint density at radius 1 is 0.909 bits per heavy atom. The van der Waals surface area contributed by atoms with Crippen molar-refractivity contribution in [3.63, 3.8) is 0 Å². The maximum absolute atomic E-state index is 12.2. The lowest BCUT2D eigenvalue weighted by molar-refractivity contribution is -0.274. The summed E-state index contributed by atoms with van der Waals surface area (Å²) < 4.78 is 46.0. The van der Waals surface area contributed by atoms with Crippen LogP contribution in [0.25, 0.3) is 0 Å². The van der Waals surface area contributed by atoms with E-state index in [1.165, 1.54) is 54.6 Å². The van der Waals surface area contributed by atoms with Crippen LogP contribution in [0.1, 0.15) is 15.9 Å². The number of carbonyl (C=O) groups is 2. The minimum absolute atomic E-state index is 0.0333. The summed E-state index contributed by atoms with van der Waals surface area (Å²) in [4.78, 5) is 24.2. The number of urea groups is 1. The molecule has 6 nitrogen and oxygen atoms in total. The van der Waals surface area contributed by atoms with Crippen LogP contribution in [-0.2, 0) is 6.61 Å². The summed E-state index contributed by atoms with van der Waals surface area (Å²) in [7, 11) is 0. The number of hydrogen-bond donors (Lipinski definition) is 2. The van der Waals surface area contributed by atoms with Crippen molar-refractivity contribution >= 4 is 40.8 Å². The van der Waals surface area contributed by atoms with Crippen molar-refractivity contribution in [2.75, 3.05) is 5.32 Å². The van der Waals surface area contributed by atoms with Gasteiger partial charge in [0.15, 0.2) is 0 Å². The Bertz CT molecular complexity index is 1160. The largest absolute Gasteiger partial charge is 0.573 e. The quantitative estimate of drug-likeness (QED) is 0.410. The number of nitrogens with one attached hydrogen (secondary N) is 2. The lowest BCUT2D eigenvalue weighted by Gasteiger charge is -2.12. The first-order valence-electron chi connectivity index (χ1n) is 9.24. The van der Waals surface area contributed by atoms with E-state index >= 15 is 0 Å². The van der Waals surface area contributed by atoms with Gasteiger partial charge in [-0.05, 0) is 48.0 Å². The Morgan fingerprint density at radius 3 is 2.24 bits per heavy atom. The molecule has 0 saturated carbocycles. The Hall–Kier alpha value is -3.43. The molecule has 0 radical (unpaired) electrons. The number of benzene rings is 3. The van der Waals surface area contributed by atoms with Crippen LogP contribution in [0, 0.1) is 0 Å². The second-order valence-corrected chi connectivity index (χ2v) is 7.33. The van der Waals surface area contributed by atoms with Crippen molar-refractivity contribution in [1.82, 2.24) is 5.32 Å². The highest BCUT2D eigenvalue weighted by atomic mass is 35.5. The second kappa shape index (κ2) is 10.5. The van der Waals surface area contributed by atoms with Crippen molar-refractivity contribution in [1.29, 1.82) is 0 Å². The summed E-state index contributed by atoms with van der Waals surface area (Å²) in [6.45, 7) is 0.0333. The first-order valence-corrected chi connectivity index (χ1v) is 10.0. The summed E-state index contributed by atoms with van der Waals surface area (Å²) in [5.74, 6) is -0.729. The summed E-state index contributed by atoms with van der Waals surface area (Å²) >= 11 is 12.1. The van der Waals surface area contributed by atoms with E-state index < -0.39 is 18.3 Å². The van der Waals surface area contributed by atoms with Gasteiger partial charge in [-0.2, -0.15) is 0 Å². The average molecular weight is 499 g/mol. The van der Waals surface area contributed by atoms with E-state index in [1.54, 1.807) is 12.1 Å². The Labute approximate surface area is 196 Å². The molecule has 0 atom stereocenters. The maximum atomic E-state index is 12.2. The van der Waals surface area contributed by atoms with Crippen LogP contribution in [-0.4, -0.2) is 18.3 Å². The summed E-state index contributed by atoms with van der Waals surface area (Å²) in [6.07, 6.45) is -4.76. The van der Waals surface area contributed by atoms with Gasteiger partial charge < -0.3 is 14.8 Å². The van der Waals surface area contributed by atoms with E-state index in [2.05, 4.69) is 15.4 Å². The van der Waals surface area contributed by atoms with E-state index in [0.29, 0.717) is 11.3 Å². The molecule has 3 aromatic rings. The van der Waals surface area contributed by atoms with Gasteiger partial charge in [-0.15, -0.1) is 13.2 Å². The summed E-state index contributed by atoms with van der Waals surface area (Å²) in [5.41, 5.74) is 1.03. The number of carbonyl (C=O) groups excluding carboxylic acids is 2. The molecular formula is C22H15Cl2F3N2O4. The van der Waals surface area contributed by atoms with Crippen LogP contribution in [0.5, 0.6) is 11.5 Å². The summed E-state index contributed by atoms with van der Waals surface area (Å²) in [5, 5.41) is 5.00. The predicted octanol–water partition coefficient (Wildman–Crippen LogP) is 6.43. The highest BCUT2D eigenvalue weighted by Crippen LogP contribution is 2.29. The first kappa shape index (κ1) is 24.2. The molecule has 172 valence electrons. The predicted molar refractivity (Wildman–Crippen MR) is 117 cm³/mol. The molecule has 3 aromatic carbocycles. The van der Waals surface area contributed by atoms with Crippen molar-refractivity contribution < 1.29 is 32.2 Å². The fraction of sp³-hybridized carbons (Fsp3) is 0.0909. The molecule has 0 aliphatic rings. The normalized spacial score (nSPS) is 10.9. The van der Waals surface area contributed by atoms with Gasteiger partial charge in [0.25, 0.3) is 5.91 Å². The first-order chi connectivity index (χ1) is 15.6. The number of ether oxygens (including phenoxy) is 2. The third-order valence-electron chi connectivity index (χ3n) is 4.09. The van der Waals surface area contributed by atoms with Crippen LogP contribution in [0.15, 0.2) is 66.7 Å². The molecule has 0 aliphatic heterocycles. The minimum atomic E-state index is -4.76. The van der Waals surface area contributed by atoms with E-state index in [4.69, 9.17) is 27.9 Å². The van der Waals surface area contributed by atoms with Gasteiger partial charge >= 0.3 is 12.4 Å². The van der Waals surface area contributed by atoms with Crippen molar-refractivity contribution in [2.45, 2.75) is 13.0 Å². The molecule has 2 N–H and O–H groups in total. The smallest absolute Gasteiger partial charge is 0.487 e. The molecule has 0 heterocycles. The standard InChI is InChI=1S/C22H15Cl2F3N2O4/c23-17-4-2-1-3-16(17)20(30)29-21(31)28-14-7-10-19(18(24)11-14)32-12-13-5-8-15(9-6-13)33-22(25,26)27/h1-11H,12H2,(H2,28,29,30,31). The lowest BCUT2D eigenvalue weighted by atomic mass is 10.2. The second-order valence-electron chi connectivity index (χ2n) is 6.51. The average Bonchev–Trinajstić information content (AvgIpc) is 2.73. The van der Waals surface area contributed by atoms with Gasteiger partial charge in [0.1, 0.15) is 18.1 Å². The molecule has 11 heteroatoms. The highest BCUT2D eigenvalue weighted by Gasteiger charge is 2.30. The fourth-order valence-electron chi connectivity index (χ4n) is 2.62.